The number of nitrogens with one attached hydrogen (secondary N) is 1. The van der Waals surface area contributed by atoms with E-state index >= 15 is 0 Å². The van der Waals surface area contributed by atoms with E-state index < -0.39 is 24.0 Å². The molecule has 0 aliphatic carbocycles. The standard InChI is InChI=1S/C20H23NO4/c1-4-25-18(15-8-6-5-7-9-15)19(22)21-17(20(23)24)16-11-10-13(2)14(3)12-16/h5-12,17-18H,4H2,1-3H3,(H,21,22)(H,23,24). The van der Waals surface area contributed by atoms with Gasteiger partial charge in [-0.15, -0.1) is 0 Å². The number of carboxylic acids is 1. The molecule has 0 saturated heterocycles. The van der Waals surface area contributed by atoms with Crippen LogP contribution in [0.3, 0.4) is 0 Å². The van der Waals surface area contributed by atoms with E-state index in [9.17, 15) is 14.7 Å². The molecule has 5 nitrogen and oxygen atoms in total. The largest absolute Gasteiger partial charge is 0.479 e. The summed E-state index contributed by atoms with van der Waals surface area (Å²) in [5.41, 5.74) is 3.26. The Labute approximate surface area is 147 Å². The SMILES string of the molecule is CCOC(C(=O)NC(C(=O)O)c1ccc(C)c(C)c1)c1ccccc1. The third-order valence-corrected chi connectivity index (χ3v) is 4.07. The average molecular weight is 341 g/mol. The fraction of sp³-hybridized carbons (Fsp3) is 0.300. The summed E-state index contributed by atoms with van der Waals surface area (Å²) in [4.78, 5) is 24.4. The summed E-state index contributed by atoms with van der Waals surface area (Å²) in [5, 5.41) is 12.2. The van der Waals surface area contributed by atoms with Gasteiger partial charge in [0.2, 0.25) is 0 Å². The number of ether oxygens (including phenoxy) is 1. The van der Waals surface area contributed by atoms with Crippen molar-refractivity contribution in [2.24, 2.45) is 0 Å². The minimum atomic E-state index is -1.13. The second kappa shape index (κ2) is 8.44. The van der Waals surface area contributed by atoms with Crippen LogP contribution in [-0.4, -0.2) is 23.6 Å². The molecule has 25 heavy (non-hydrogen) atoms. The molecule has 2 unspecified atom stereocenters. The molecule has 0 radical (unpaired) electrons. The smallest absolute Gasteiger partial charge is 0.330 e. The Morgan fingerprint density at radius 1 is 1.04 bits per heavy atom. The number of rotatable bonds is 7. The number of aliphatic carboxylic acids is 1. The van der Waals surface area contributed by atoms with Gasteiger partial charge in [0.25, 0.3) is 5.91 Å². The summed E-state index contributed by atoms with van der Waals surface area (Å²) >= 11 is 0. The average Bonchev–Trinajstić information content (AvgIpc) is 2.60. The molecule has 0 aliphatic rings. The second-order valence-corrected chi connectivity index (χ2v) is 5.87. The lowest BCUT2D eigenvalue weighted by Crippen LogP contribution is -2.37. The number of carbonyl (C=O) groups is 2. The predicted octanol–water partition coefficient (Wildman–Crippen LogP) is 3.32. The van der Waals surface area contributed by atoms with Gasteiger partial charge in [-0.3, -0.25) is 4.79 Å². The number of carboxylic acid groups (broad SMARTS) is 1. The zero-order valence-corrected chi connectivity index (χ0v) is 14.7. The van der Waals surface area contributed by atoms with Crippen molar-refractivity contribution in [1.82, 2.24) is 5.32 Å². The molecule has 1 amide bonds. The summed E-state index contributed by atoms with van der Waals surface area (Å²) < 4.78 is 5.54. The van der Waals surface area contributed by atoms with Crippen LogP contribution in [0, 0.1) is 13.8 Å². The number of carbonyl (C=O) groups excluding carboxylic acids is 1. The molecule has 0 saturated carbocycles. The van der Waals surface area contributed by atoms with Crippen LogP contribution < -0.4 is 5.32 Å². The quantitative estimate of drug-likeness (QED) is 0.810. The molecule has 2 rings (SSSR count). The topological polar surface area (TPSA) is 75.6 Å². The van der Waals surface area contributed by atoms with E-state index in [1.54, 1.807) is 31.2 Å². The van der Waals surface area contributed by atoms with E-state index in [1.165, 1.54) is 0 Å². The summed E-state index contributed by atoms with van der Waals surface area (Å²) in [6, 6.07) is 13.3. The van der Waals surface area contributed by atoms with Crippen molar-refractivity contribution < 1.29 is 19.4 Å². The van der Waals surface area contributed by atoms with Crippen LogP contribution in [0.15, 0.2) is 48.5 Å². The highest BCUT2D eigenvalue weighted by Crippen LogP contribution is 2.22. The third-order valence-electron chi connectivity index (χ3n) is 4.07. The van der Waals surface area contributed by atoms with E-state index in [0.29, 0.717) is 17.7 Å². The summed E-state index contributed by atoms with van der Waals surface area (Å²) in [5.74, 6) is -1.58. The highest BCUT2D eigenvalue weighted by Gasteiger charge is 2.28. The van der Waals surface area contributed by atoms with Crippen molar-refractivity contribution in [3.05, 3.63) is 70.8 Å². The minimum absolute atomic E-state index is 0.342. The number of benzene rings is 2. The molecule has 0 heterocycles. The first kappa shape index (κ1) is 18.7. The lowest BCUT2D eigenvalue weighted by molar-refractivity contribution is -0.144. The van der Waals surface area contributed by atoms with Crippen LogP contribution in [0.25, 0.3) is 0 Å². The zero-order valence-electron chi connectivity index (χ0n) is 14.7. The maximum Gasteiger partial charge on any atom is 0.330 e. The molecule has 5 heteroatoms. The zero-order chi connectivity index (χ0) is 18.4. The number of hydrogen-bond donors (Lipinski definition) is 2. The summed E-state index contributed by atoms with van der Waals surface area (Å²) in [6.45, 7) is 6.00. The van der Waals surface area contributed by atoms with E-state index in [4.69, 9.17) is 4.74 Å². The Morgan fingerprint density at radius 3 is 2.28 bits per heavy atom. The van der Waals surface area contributed by atoms with Crippen molar-refractivity contribution >= 4 is 11.9 Å². The Kier molecular flexibility index (Phi) is 6.31. The van der Waals surface area contributed by atoms with Crippen LogP contribution in [0.1, 0.15) is 41.3 Å². The van der Waals surface area contributed by atoms with Crippen molar-refractivity contribution in [2.75, 3.05) is 6.61 Å². The first-order valence-electron chi connectivity index (χ1n) is 8.21. The summed E-state index contributed by atoms with van der Waals surface area (Å²) in [6.07, 6.45) is -0.848. The van der Waals surface area contributed by atoms with Gasteiger partial charge in [0.1, 0.15) is 0 Å². The molecule has 2 atom stereocenters. The molecule has 2 aromatic rings. The molecule has 0 fully saturated rings. The molecule has 2 aromatic carbocycles. The van der Waals surface area contributed by atoms with E-state index in [0.717, 1.165) is 11.1 Å². The maximum atomic E-state index is 12.7. The molecule has 0 aromatic heterocycles. The van der Waals surface area contributed by atoms with E-state index in [1.807, 2.05) is 38.1 Å². The van der Waals surface area contributed by atoms with E-state index in [2.05, 4.69) is 5.32 Å². The van der Waals surface area contributed by atoms with Gasteiger partial charge >= 0.3 is 5.97 Å². The van der Waals surface area contributed by atoms with Gasteiger partial charge in [-0.2, -0.15) is 0 Å². The van der Waals surface area contributed by atoms with Crippen molar-refractivity contribution in [3.63, 3.8) is 0 Å². The Balaban J connectivity index is 2.26. The molecular weight excluding hydrogens is 318 g/mol. The van der Waals surface area contributed by atoms with Gasteiger partial charge < -0.3 is 15.2 Å². The molecule has 0 bridgehead atoms. The van der Waals surface area contributed by atoms with Gasteiger partial charge in [-0.05, 0) is 43.0 Å². The highest BCUT2D eigenvalue weighted by molar-refractivity contribution is 5.87. The molecule has 0 spiro atoms. The van der Waals surface area contributed by atoms with Gasteiger partial charge in [0.05, 0.1) is 0 Å². The van der Waals surface area contributed by atoms with E-state index in [-0.39, 0.29) is 0 Å². The molecule has 132 valence electrons. The number of aryl methyl sites for hydroxylation is 2. The number of amides is 1. The van der Waals surface area contributed by atoms with Crippen molar-refractivity contribution in [2.45, 2.75) is 32.9 Å². The fourth-order valence-electron chi connectivity index (χ4n) is 2.57. The Hall–Kier alpha value is -2.66. The van der Waals surface area contributed by atoms with Gasteiger partial charge in [0, 0.05) is 6.61 Å². The van der Waals surface area contributed by atoms with Crippen molar-refractivity contribution in [1.29, 1.82) is 0 Å². The van der Waals surface area contributed by atoms with Gasteiger partial charge in [-0.1, -0.05) is 48.5 Å². The van der Waals surface area contributed by atoms with Crippen LogP contribution in [0.5, 0.6) is 0 Å². The number of hydrogen-bond acceptors (Lipinski definition) is 3. The van der Waals surface area contributed by atoms with Gasteiger partial charge in [-0.25, -0.2) is 4.79 Å². The monoisotopic (exact) mass is 341 g/mol. The lowest BCUT2D eigenvalue weighted by Gasteiger charge is -2.21. The second-order valence-electron chi connectivity index (χ2n) is 5.87. The predicted molar refractivity (Wildman–Crippen MR) is 95.2 cm³/mol. The van der Waals surface area contributed by atoms with Crippen LogP contribution in [0.4, 0.5) is 0 Å². The Bertz CT molecular complexity index is 743. The first-order valence-corrected chi connectivity index (χ1v) is 8.21. The highest BCUT2D eigenvalue weighted by atomic mass is 16.5. The van der Waals surface area contributed by atoms with Crippen LogP contribution in [-0.2, 0) is 14.3 Å². The minimum Gasteiger partial charge on any atom is -0.479 e. The Morgan fingerprint density at radius 2 is 1.72 bits per heavy atom. The summed E-state index contributed by atoms with van der Waals surface area (Å²) in [7, 11) is 0. The third kappa shape index (κ3) is 4.67. The fourth-order valence-corrected chi connectivity index (χ4v) is 2.57. The lowest BCUT2D eigenvalue weighted by atomic mass is 10.0. The molecular formula is C20H23NO4. The van der Waals surface area contributed by atoms with Crippen LogP contribution >= 0.6 is 0 Å². The normalized spacial score (nSPS) is 13.1. The first-order chi connectivity index (χ1) is 11.9. The molecule has 0 aliphatic heterocycles. The van der Waals surface area contributed by atoms with Gasteiger partial charge in [0.15, 0.2) is 12.1 Å². The van der Waals surface area contributed by atoms with Crippen LogP contribution in [0.2, 0.25) is 0 Å². The van der Waals surface area contributed by atoms with Crippen molar-refractivity contribution in [3.8, 4) is 0 Å². The molecule has 2 N–H and O–H groups in total. The maximum absolute atomic E-state index is 12.7.